The Morgan fingerprint density at radius 1 is 1.33 bits per heavy atom. The predicted octanol–water partition coefficient (Wildman–Crippen LogP) is 2.29. The van der Waals surface area contributed by atoms with Gasteiger partial charge in [0.05, 0.1) is 22.5 Å². The fourth-order valence-electron chi connectivity index (χ4n) is 1.52. The summed E-state index contributed by atoms with van der Waals surface area (Å²) in [5, 5.41) is 13.2. The van der Waals surface area contributed by atoms with Gasteiger partial charge in [-0.05, 0) is 34.1 Å². The molecule has 1 amide bonds. The molecule has 0 radical (unpaired) electrons. The molecule has 0 fully saturated rings. The van der Waals surface area contributed by atoms with Gasteiger partial charge in [-0.15, -0.1) is 0 Å². The maximum atomic E-state index is 12.0. The Morgan fingerprint density at radius 2 is 2.10 bits per heavy atom. The van der Waals surface area contributed by atoms with Gasteiger partial charge >= 0.3 is 0 Å². The third-order valence-electron chi connectivity index (χ3n) is 2.57. The Balaban J connectivity index is 2.17. The van der Waals surface area contributed by atoms with Gasteiger partial charge in [0, 0.05) is 16.6 Å². The Bertz CT molecular complexity index is 690. The van der Waals surface area contributed by atoms with Gasteiger partial charge in [0.25, 0.3) is 11.6 Å². The molecule has 2 rings (SSSR count). The molecular formula is C12H10BrN5O3. The molecule has 0 unspecified atom stereocenters. The van der Waals surface area contributed by atoms with E-state index in [1.807, 2.05) is 0 Å². The lowest BCUT2D eigenvalue weighted by Gasteiger charge is -2.07. The summed E-state index contributed by atoms with van der Waals surface area (Å²) in [4.78, 5) is 26.1. The van der Waals surface area contributed by atoms with Crippen molar-refractivity contribution in [1.82, 2.24) is 4.98 Å². The minimum absolute atomic E-state index is 0.0728. The molecule has 0 saturated heterocycles. The number of carbonyl (C=O) groups is 1. The third kappa shape index (κ3) is 3.52. The summed E-state index contributed by atoms with van der Waals surface area (Å²) in [6.07, 6.45) is 1.42. The number of hydrogen-bond donors (Lipinski definition) is 3. The van der Waals surface area contributed by atoms with Crippen LogP contribution in [-0.2, 0) is 0 Å². The number of nitrogens with two attached hydrogens (primary N) is 1. The number of hydrazine groups is 1. The monoisotopic (exact) mass is 351 g/mol. The smallest absolute Gasteiger partial charge is 0.274 e. The molecule has 0 atom stereocenters. The van der Waals surface area contributed by atoms with Gasteiger partial charge in [-0.3, -0.25) is 20.8 Å². The average molecular weight is 352 g/mol. The van der Waals surface area contributed by atoms with Crippen LogP contribution >= 0.6 is 15.9 Å². The number of anilines is 2. The zero-order valence-electron chi connectivity index (χ0n) is 10.5. The predicted molar refractivity (Wildman–Crippen MR) is 80.8 cm³/mol. The Morgan fingerprint density at radius 3 is 2.62 bits per heavy atom. The van der Waals surface area contributed by atoms with E-state index >= 15 is 0 Å². The van der Waals surface area contributed by atoms with Crippen LogP contribution in [0.15, 0.2) is 41.0 Å². The van der Waals surface area contributed by atoms with Crippen LogP contribution in [0.2, 0.25) is 0 Å². The summed E-state index contributed by atoms with van der Waals surface area (Å²) in [5.41, 5.74) is 3.51. The number of nitrogens with one attached hydrogen (secondary N) is 2. The molecule has 0 spiro atoms. The number of aromatic nitrogens is 1. The normalized spacial score (nSPS) is 10.0. The van der Waals surface area contributed by atoms with Gasteiger partial charge in [0.15, 0.2) is 0 Å². The van der Waals surface area contributed by atoms with Crippen molar-refractivity contribution < 1.29 is 9.72 Å². The van der Waals surface area contributed by atoms with Gasteiger partial charge in [0.1, 0.15) is 5.69 Å². The summed E-state index contributed by atoms with van der Waals surface area (Å²) >= 11 is 3.17. The number of carbonyl (C=O) groups excluding carboxylic acids is 1. The highest BCUT2D eigenvalue weighted by molar-refractivity contribution is 9.10. The molecular weight excluding hydrogens is 342 g/mol. The molecule has 1 heterocycles. The molecule has 4 N–H and O–H groups in total. The summed E-state index contributed by atoms with van der Waals surface area (Å²) < 4.78 is 0.408. The van der Waals surface area contributed by atoms with E-state index in [-0.39, 0.29) is 11.4 Å². The molecule has 1 aromatic heterocycles. The molecule has 1 aromatic carbocycles. The Hall–Kier alpha value is -2.52. The van der Waals surface area contributed by atoms with Gasteiger partial charge in [0.2, 0.25) is 0 Å². The van der Waals surface area contributed by atoms with E-state index in [0.29, 0.717) is 15.8 Å². The molecule has 0 aliphatic carbocycles. The molecule has 0 aliphatic heterocycles. The standard InChI is InChI=1S/C12H10BrN5O3/c13-9-5-8(18(20)21)2-4-10(9)16-12(19)11-3-1-7(17-14)6-15-11/h1-6,17H,14H2,(H,16,19). The van der Waals surface area contributed by atoms with Crippen molar-refractivity contribution in [2.45, 2.75) is 0 Å². The van der Waals surface area contributed by atoms with Crippen molar-refractivity contribution in [2.75, 3.05) is 10.7 Å². The van der Waals surface area contributed by atoms with Gasteiger partial charge < -0.3 is 10.7 Å². The van der Waals surface area contributed by atoms with Crippen LogP contribution in [-0.4, -0.2) is 15.8 Å². The summed E-state index contributed by atoms with van der Waals surface area (Å²) in [6.45, 7) is 0. The lowest BCUT2D eigenvalue weighted by Crippen LogP contribution is -2.14. The van der Waals surface area contributed by atoms with Crippen LogP contribution in [0.3, 0.4) is 0 Å². The van der Waals surface area contributed by atoms with Crippen molar-refractivity contribution in [3.05, 3.63) is 56.8 Å². The number of nitrogen functional groups attached to an aromatic ring is 1. The van der Waals surface area contributed by atoms with E-state index in [2.05, 4.69) is 31.7 Å². The van der Waals surface area contributed by atoms with Gasteiger partial charge in [-0.25, -0.2) is 4.98 Å². The lowest BCUT2D eigenvalue weighted by atomic mass is 10.2. The first-order valence-electron chi connectivity index (χ1n) is 5.69. The number of halogens is 1. The van der Waals surface area contributed by atoms with Crippen LogP contribution in [0.4, 0.5) is 17.1 Å². The number of nitro benzene ring substituents is 1. The second-order valence-electron chi connectivity index (χ2n) is 3.95. The van der Waals surface area contributed by atoms with Gasteiger partial charge in [-0.1, -0.05) is 0 Å². The number of pyridine rings is 1. The minimum Gasteiger partial charge on any atom is -0.323 e. The van der Waals surface area contributed by atoms with Crippen molar-refractivity contribution in [3.8, 4) is 0 Å². The first-order chi connectivity index (χ1) is 10.0. The highest BCUT2D eigenvalue weighted by atomic mass is 79.9. The molecule has 2 aromatic rings. The number of non-ortho nitro benzene ring substituents is 1. The Labute approximate surface area is 127 Å². The van der Waals surface area contributed by atoms with Gasteiger partial charge in [-0.2, -0.15) is 0 Å². The van der Waals surface area contributed by atoms with E-state index in [9.17, 15) is 14.9 Å². The minimum atomic E-state index is -0.517. The maximum Gasteiger partial charge on any atom is 0.274 e. The topological polar surface area (TPSA) is 123 Å². The summed E-state index contributed by atoms with van der Waals surface area (Å²) in [6, 6.07) is 7.16. The average Bonchev–Trinajstić information content (AvgIpc) is 2.49. The van der Waals surface area contributed by atoms with Crippen LogP contribution in [0.1, 0.15) is 10.5 Å². The highest BCUT2D eigenvalue weighted by Gasteiger charge is 2.13. The summed E-state index contributed by atoms with van der Waals surface area (Å²) in [7, 11) is 0. The number of benzene rings is 1. The molecule has 9 heteroatoms. The number of nitro groups is 1. The highest BCUT2D eigenvalue weighted by Crippen LogP contribution is 2.27. The molecule has 0 saturated carbocycles. The van der Waals surface area contributed by atoms with Crippen molar-refractivity contribution >= 4 is 38.9 Å². The Kier molecular flexibility index (Phi) is 4.45. The van der Waals surface area contributed by atoms with Crippen LogP contribution < -0.4 is 16.6 Å². The molecule has 0 bridgehead atoms. The van der Waals surface area contributed by atoms with E-state index in [1.54, 1.807) is 6.07 Å². The number of hydrogen-bond acceptors (Lipinski definition) is 6. The van der Waals surface area contributed by atoms with Crippen LogP contribution in [0, 0.1) is 10.1 Å². The van der Waals surface area contributed by atoms with E-state index in [4.69, 9.17) is 5.84 Å². The third-order valence-corrected chi connectivity index (χ3v) is 3.23. The first-order valence-corrected chi connectivity index (χ1v) is 6.48. The lowest BCUT2D eigenvalue weighted by molar-refractivity contribution is -0.384. The fourth-order valence-corrected chi connectivity index (χ4v) is 1.98. The van der Waals surface area contributed by atoms with Crippen LogP contribution in [0.25, 0.3) is 0 Å². The van der Waals surface area contributed by atoms with E-state index in [1.165, 1.54) is 30.5 Å². The first kappa shape index (κ1) is 14.9. The molecule has 21 heavy (non-hydrogen) atoms. The largest absolute Gasteiger partial charge is 0.323 e. The van der Waals surface area contributed by atoms with Crippen molar-refractivity contribution in [3.63, 3.8) is 0 Å². The summed E-state index contributed by atoms with van der Waals surface area (Å²) in [5.74, 6) is 4.77. The van der Waals surface area contributed by atoms with Crippen LogP contribution in [0.5, 0.6) is 0 Å². The number of amides is 1. The fraction of sp³-hybridized carbons (Fsp3) is 0. The second kappa shape index (κ2) is 6.29. The van der Waals surface area contributed by atoms with E-state index < -0.39 is 10.8 Å². The zero-order valence-corrected chi connectivity index (χ0v) is 12.1. The maximum absolute atomic E-state index is 12.0. The number of rotatable bonds is 4. The zero-order chi connectivity index (χ0) is 15.4. The molecule has 0 aliphatic rings. The molecule has 108 valence electrons. The second-order valence-corrected chi connectivity index (χ2v) is 4.81. The van der Waals surface area contributed by atoms with Crippen molar-refractivity contribution in [1.29, 1.82) is 0 Å². The number of nitrogens with zero attached hydrogens (tertiary/aromatic N) is 2. The molecule has 8 nitrogen and oxygen atoms in total. The quantitative estimate of drug-likeness (QED) is 0.441. The van der Waals surface area contributed by atoms with E-state index in [0.717, 1.165) is 0 Å². The van der Waals surface area contributed by atoms with Crippen molar-refractivity contribution in [2.24, 2.45) is 5.84 Å². The SMILES string of the molecule is NNc1ccc(C(=O)Nc2ccc([N+](=O)[O-])cc2Br)nc1.